The summed E-state index contributed by atoms with van der Waals surface area (Å²) in [4.78, 5) is 12.1. The molecule has 2 rings (SSSR count). The quantitative estimate of drug-likeness (QED) is 0.691. The normalized spacial score (nSPS) is 11.8. The molecule has 0 aliphatic heterocycles. The van der Waals surface area contributed by atoms with Gasteiger partial charge in [-0.1, -0.05) is 56.3 Å². The lowest BCUT2D eigenvalue weighted by atomic mass is 9.85. The van der Waals surface area contributed by atoms with E-state index in [4.69, 9.17) is 5.14 Å². The second-order valence-corrected chi connectivity index (χ2v) is 8.36. The molecule has 0 unspecified atom stereocenters. The van der Waals surface area contributed by atoms with Crippen LogP contribution in [-0.4, -0.2) is 27.5 Å². The van der Waals surface area contributed by atoms with Gasteiger partial charge in [0, 0.05) is 18.5 Å². The molecule has 0 bridgehead atoms. The van der Waals surface area contributed by atoms with E-state index in [0.29, 0.717) is 19.5 Å². The molecule has 0 spiro atoms. The fourth-order valence-electron chi connectivity index (χ4n) is 2.52. The third kappa shape index (κ3) is 5.86. The van der Waals surface area contributed by atoms with E-state index in [9.17, 15) is 13.2 Å². The highest BCUT2D eigenvalue weighted by Crippen LogP contribution is 2.21. The zero-order valence-electron chi connectivity index (χ0n) is 15.0. The summed E-state index contributed by atoms with van der Waals surface area (Å²) in [7, 11) is -3.68. The van der Waals surface area contributed by atoms with Gasteiger partial charge < -0.3 is 10.6 Å². The minimum Gasteiger partial charge on any atom is -0.338 e. The van der Waals surface area contributed by atoms with Gasteiger partial charge in [0.25, 0.3) is 0 Å². The van der Waals surface area contributed by atoms with Crippen LogP contribution in [0.3, 0.4) is 0 Å². The molecule has 0 saturated heterocycles. The number of primary sulfonamides is 1. The van der Waals surface area contributed by atoms with Crippen molar-refractivity contribution >= 4 is 16.1 Å². The highest BCUT2D eigenvalue weighted by atomic mass is 32.2. The first-order valence-corrected chi connectivity index (χ1v) is 9.92. The first-order chi connectivity index (χ1) is 12.2. The molecule has 2 amide bonds. The predicted octanol–water partition coefficient (Wildman–Crippen LogP) is 2.15. The molecule has 2 aromatic rings. The Labute approximate surface area is 154 Å². The van der Waals surface area contributed by atoms with E-state index in [0.717, 1.165) is 11.1 Å². The highest BCUT2D eigenvalue weighted by molar-refractivity contribution is 7.89. The smallest absolute Gasteiger partial charge is 0.314 e. The zero-order valence-corrected chi connectivity index (χ0v) is 15.8. The fourth-order valence-corrected chi connectivity index (χ4v) is 3.04. The maximum absolute atomic E-state index is 12.0. The van der Waals surface area contributed by atoms with Gasteiger partial charge in [-0.3, -0.25) is 0 Å². The summed E-state index contributed by atoms with van der Waals surface area (Å²) in [6.45, 7) is 5.13. The Balaban J connectivity index is 1.77. The average Bonchev–Trinajstić information content (AvgIpc) is 2.60. The van der Waals surface area contributed by atoms with E-state index in [1.807, 2.05) is 30.3 Å². The lowest BCUT2D eigenvalue weighted by Gasteiger charge is -2.25. The number of carbonyl (C=O) groups is 1. The SMILES string of the molecule is CC(C)(CNC(=O)NCCc1ccc(S(N)(=O)=O)cc1)c1ccccc1. The predicted molar refractivity (Wildman–Crippen MR) is 102 cm³/mol. The van der Waals surface area contributed by atoms with Crippen LogP contribution in [0.1, 0.15) is 25.0 Å². The Morgan fingerprint density at radius 1 is 1.00 bits per heavy atom. The number of benzene rings is 2. The van der Waals surface area contributed by atoms with Crippen LogP contribution in [0, 0.1) is 0 Å². The summed E-state index contributed by atoms with van der Waals surface area (Å²) < 4.78 is 22.4. The van der Waals surface area contributed by atoms with Gasteiger partial charge in [0.2, 0.25) is 10.0 Å². The molecule has 4 N–H and O–H groups in total. The monoisotopic (exact) mass is 375 g/mol. The van der Waals surface area contributed by atoms with Gasteiger partial charge >= 0.3 is 6.03 Å². The number of nitrogens with two attached hydrogens (primary N) is 1. The maximum atomic E-state index is 12.0. The van der Waals surface area contributed by atoms with Crippen LogP contribution in [0.4, 0.5) is 4.79 Å². The second-order valence-electron chi connectivity index (χ2n) is 6.80. The summed E-state index contributed by atoms with van der Waals surface area (Å²) >= 11 is 0. The van der Waals surface area contributed by atoms with Crippen molar-refractivity contribution in [2.24, 2.45) is 5.14 Å². The Morgan fingerprint density at radius 2 is 1.62 bits per heavy atom. The Kier molecular flexibility index (Phi) is 6.39. The van der Waals surface area contributed by atoms with Crippen molar-refractivity contribution in [3.05, 3.63) is 65.7 Å². The van der Waals surface area contributed by atoms with E-state index in [2.05, 4.69) is 24.5 Å². The molecule has 7 heteroatoms. The fraction of sp³-hybridized carbons (Fsp3) is 0.316. The molecule has 140 valence electrons. The van der Waals surface area contributed by atoms with Gasteiger partial charge in [-0.2, -0.15) is 0 Å². The van der Waals surface area contributed by atoms with Crippen LogP contribution in [0.25, 0.3) is 0 Å². The molecule has 6 nitrogen and oxygen atoms in total. The highest BCUT2D eigenvalue weighted by Gasteiger charge is 2.20. The Bertz CT molecular complexity index is 832. The molecule has 0 aliphatic rings. The minimum absolute atomic E-state index is 0.0788. The van der Waals surface area contributed by atoms with E-state index in [1.165, 1.54) is 12.1 Å². The number of urea groups is 1. The van der Waals surface area contributed by atoms with Crippen LogP contribution in [-0.2, 0) is 21.9 Å². The molecule has 0 atom stereocenters. The molecule has 0 aromatic heterocycles. The number of amides is 2. The largest absolute Gasteiger partial charge is 0.338 e. The second kappa shape index (κ2) is 8.33. The lowest BCUT2D eigenvalue weighted by Crippen LogP contribution is -2.42. The third-order valence-electron chi connectivity index (χ3n) is 4.20. The summed E-state index contributed by atoms with van der Waals surface area (Å²) in [6, 6.07) is 16.1. The first-order valence-electron chi connectivity index (χ1n) is 8.37. The van der Waals surface area contributed by atoms with E-state index >= 15 is 0 Å². The van der Waals surface area contributed by atoms with Gasteiger partial charge in [0.15, 0.2) is 0 Å². The Morgan fingerprint density at radius 3 is 2.19 bits per heavy atom. The van der Waals surface area contributed by atoms with Crippen LogP contribution < -0.4 is 15.8 Å². The van der Waals surface area contributed by atoms with E-state index in [-0.39, 0.29) is 16.3 Å². The van der Waals surface area contributed by atoms with Crippen molar-refractivity contribution in [3.63, 3.8) is 0 Å². The van der Waals surface area contributed by atoms with Crippen molar-refractivity contribution in [1.29, 1.82) is 0 Å². The topological polar surface area (TPSA) is 101 Å². The number of nitrogens with one attached hydrogen (secondary N) is 2. The Hall–Kier alpha value is -2.38. The van der Waals surface area contributed by atoms with Crippen molar-refractivity contribution < 1.29 is 13.2 Å². The van der Waals surface area contributed by atoms with Crippen molar-refractivity contribution in [3.8, 4) is 0 Å². The number of hydrogen-bond donors (Lipinski definition) is 3. The summed E-state index contributed by atoms with van der Waals surface area (Å²) in [5.41, 5.74) is 1.92. The number of sulfonamides is 1. The average molecular weight is 375 g/mol. The molecular formula is C19H25N3O3S. The number of hydrogen-bond acceptors (Lipinski definition) is 3. The molecule has 0 saturated carbocycles. The van der Waals surface area contributed by atoms with E-state index < -0.39 is 10.0 Å². The van der Waals surface area contributed by atoms with Crippen molar-refractivity contribution in [2.45, 2.75) is 30.6 Å². The van der Waals surface area contributed by atoms with Crippen molar-refractivity contribution in [1.82, 2.24) is 10.6 Å². The summed E-state index contributed by atoms with van der Waals surface area (Å²) in [6.07, 6.45) is 0.598. The maximum Gasteiger partial charge on any atom is 0.314 e. The van der Waals surface area contributed by atoms with Crippen LogP contribution in [0.5, 0.6) is 0 Å². The number of rotatable bonds is 7. The van der Waals surface area contributed by atoms with Crippen molar-refractivity contribution in [2.75, 3.05) is 13.1 Å². The lowest BCUT2D eigenvalue weighted by molar-refractivity contribution is 0.238. The van der Waals surface area contributed by atoms with Crippen LogP contribution in [0.15, 0.2) is 59.5 Å². The van der Waals surface area contributed by atoms with Crippen LogP contribution >= 0.6 is 0 Å². The van der Waals surface area contributed by atoms with Gasteiger partial charge in [0.05, 0.1) is 4.90 Å². The molecule has 2 aromatic carbocycles. The first kappa shape index (κ1) is 19.9. The van der Waals surface area contributed by atoms with Crippen LogP contribution in [0.2, 0.25) is 0 Å². The van der Waals surface area contributed by atoms with Gasteiger partial charge in [-0.25, -0.2) is 18.4 Å². The molecule has 0 fully saturated rings. The molecule has 0 radical (unpaired) electrons. The summed E-state index contributed by atoms with van der Waals surface area (Å²) in [5.74, 6) is 0. The third-order valence-corrected chi connectivity index (χ3v) is 5.13. The number of carbonyl (C=O) groups excluding carboxylic acids is 1. The molecule has 0 aliphatic carbocycles. The molecule has 0 heterocycles. The molecule has 26 heavy (non-hydrogen) atoms. The summed E-state index contributed by atoms with van der Waals surface area (Å²) in [5, 5.41) is 10.8. The minimum atomic E-state index is -3.68. The van der Waals surface area contributed by atoms with E-state index in [1.54, 1.807) is 12.1 Å². The molecular weight excluding hydrogens is 350 g/mol. The zero-order chi connectivity index (χ0) is 19.2. The van der Waals surface area contributed by atoms with Gasteiger partial charge in [-0.15, -0.1) is 0 Å². The van der Waals surface area contributed by atoms with Gasteiger partial charge in [-0.05, 0) is 29.7 Å². The standard InChI is InChI=1S/C19H25N3O3S/c1-19(2,16-6-4-3-5-7-16)14-22-18(23)21-13-12-15-8-10-17(11-9-15)26(20,24)25/h3-11H,12-14H2,1-2H3,(H2,20,24,25)(H2,21,22,23). The van der Waals surface area contributed by atoms with Gasteiger partial charge in [0.1, 0.15) is 0 Å².